The fraction of sp³-hybridized carbons (Fsp3) is 0.250. The number of carbonyl (C=O) groups is 4. The number of esters is 1. The molecule has 3 aromatic carbocycles. The van der Waals surface area contributed by atoms with Crippen LogP contribution in [-0.2, 0) is 14.3 Å². The van der Waals surface area contributed by atoms with Crippen LogP contribution in [0.1, 0.15) is 39.1 Å². The molecule has 0 spiro atoms. The summed E-state index contributed by atoms with van der Waals surface area (Å²) in [6.45, 7) is 1.79. The number of hydrogen-bond acceptors (Lipinski definition) is 6. The minimum absolute atomic E-state index is 0.0512. The number of rotatable bonds is 8. The van der Waals surface area contributed by atoms with Crippen LogP contribution in [0.25, 0.3) is 22.2 Å². The van der Waals surface area contributed by atoms with E-state index in [9.17, 15) is 23.6 Å². The predicted octanol–water partition coefficient (Wildman–Crippen LogP) is 7.35. The van der Waals surface area contributed by atoms with E-state index in [1.165, 1.54) is 17.0 Å². The summed E-state index contributed by atoms with van der Waals surface area (Å²) in [4.78, 5) is 59.7. The highest BCUT2D eigenvalue weighted by atomic mass is 35.5. The van der Waals surface area contributed by atoms with Gasteiger partial charge in [-0.1, -0.05) is 42.0 Å². The van der Waals surface area contributed by atoms with Crippen LogP contribution in [0.3, 0.4) is 0 Å². The third-order valence-corrected chi connectivity index (χ3v) is 9.95. The average molecular weight is 658 g/mol. The van der Waals surface area contributed by atoms with Crippen molar-refractivity contribution in [1.29, 1.82) is 0 Å². The lowest BCUT2D eigenvalue weighted by atomic mass is 9.85. The number of ketones is 1. The molecule has 2 fully saturated rings. The number of nitrogens with zero attached hydrogens (tertiary/aromatic N) is 2. The Labute approximate surface area is 274 Å². The van der Waals surface area contributed by atoms with Crippen molar-refractivity contribution in [3.63, 3.8) is 0 Å². The van der Waals surface area contributed by atoms with E-state index in [-0.39, 0.29) is 58.9 Å². The van der Waals surface area contributed by atoms with Crippen LogP contribution in [-0.4, -0.2) is 40.5 Å². The number of allylic oxidation sites excluding steroid dienone is 2. The SMILES string of the molecule is Cc1c(Cl)ccc2c(C(=O)OC(CCCl)C(=O)c3ccc(F)cc3)cc(-c3ccc(N4C(=O)C5C6C=CC(C6)C5C4=O)cc3)nc12. The zero-order valence-electron chi connectivity index (χ0n) is 24.6. The van der Waals surface area contributed by atoms with Crippen LogP contribution >= 0.6 is 23.2 Å². The average Bonchev–Trinajstić information content (AvgIpc) is 3.75. The molecule has 5 atom stereocenters. The van der Waals surface area contributed by atoms with Gasteiger partial charge in [0, 0.05) is 33.8 Å². The van der Waals surface area contributed by atoms with Gasteiger partial charge in [-0.05, 0) is 79.3 Å². The van der Waals surface area contributed by atoms with Gasteiger partial charge in [-0.2, -0.15) is 0 Å². The van der Waals surface area contributed by atoms with E-state index in [1.807, 2.05) is 0 Å². The number of imide groups is 1. The van der Waals surface area contributed by atoms with Gasteiger partial charge >= 0.3 is 5.97 Å². The van der Waals surface area contributed by atoms with Crippen molar-refractivity contribution in [2.24, 2.45) is 23.7 Å². The predicted molar refractivity (Wildman–Crippen MR) is 172 cm³/mol. The van der Waals surface area contributed by atoms with Gasteiger partial charge in [0.15, 0.2) is 6.10 Å². The van der Waals surface area contributed by atoms with Crippen molar-refractivity contribution in [3.05, 3.63) is 106 Å². The smallest absolute Gasteiger partial charge is 0.339 e. The quantitative estimate of drug-likeness (QED) is 0.0647. The summed E-state index contributed by atoms with van der Waals surface area (Å²) in [6, 6.07) is 16.8. The monoisotopic (exact) mass is 656 g/mol. The molecule has 1 aliphatic heterocycles. The summed E-state index contributed by atoms with van der Waals surface area (Å²) in [5.41, 5.74) is 3.00. The van der Waals surface area contributed by atoms with Gasteiger partial charge in [0.1, 0.15) is 5.82 Å². The molecular formula is C36H27Cl2FN2O5. The van der Waals surface area contributed by atoms with Crippen LogP contribution in [0.5, 0.6) is 0 Å². The molecule has 7 rings (SSSR count). The Morgan fingerprint density at radius 3 is 2.26 bits per heavy atom. The third-order valence-electron chi connectivity index (χ3n) is 9.32. The summed E-state index contributed by atoms with van der Waals surface area (Å²) >= 11 is 12.4. The minimum atomic E-state index is -1.20. The number of fused-ring (bicyclic) bond motifs is 6. The summed E-state index contributed by atoms with van der Waals surface area (Å²) in [5.74, 6) is -2.42. The van der Waals surface area contributed by atoms with Crippen molar-refractivity contribution >= 4 is 63.4 Å². The van der Waals surface area contributed by atoms with Gasteiger partial charge in [-0.25, -0.2) is 14.2 Å². The molecule has 7 nitrogen and oxygen atoms in total. The maximum absolute atomic E-state index is 13.7. The molecule has 0 N–H and O–H groups in total. The number of pyridine rings is 1. The highest BCUT2D eigenvalue weighted by Gasteiger charge is 2.59. The Kier molecular flexibility index (Phi) is 7.73. The molecule has 2 heterocycles. The van der Waals surface area contributed by atoms with E-state index < -0.39 is 23.7 Å². The first-order chi connectivity index (χ1) is 22.2. The van der Waals surface area contributed by atoms with Gasteiger partial charge in [0.2, 0.25) is 17.6 Å². The first-order valence-electron chi connectivity index (χ1n) is 15.0. The number of ether oxygens (including phenoxy) is 1. The number of benzene rings is 3. The highest BCUT2D eigenvalue weighted by Crippen LogP contribution is 2.53. The van der Waals surface area contributed by atoms with Crippen LogP contribution in [0.4, 0.5) is 10.1 Å². The number of carbonyl (C=O) groups excluding carboxylic acids is 4. The Morgan fingerprint density at radius 1 is 0.978 bits per heavy atom. The molecule has 46 heavy (non-hydrogen) atoms. The number of aryl methyl sites for hydroxylation is 1. The zero-order chi connectivity index (χ0) is 32.3. The molecule has 0 radical (unpaired) electrons. The molecule has 1 saturated heterocycles. The van der Waals surface area contributed by atoms with Gasteiger partial charge in [0.25, 0.3) is 0 Å². The van der Waals surface area contributed by atoms with Crippen molar-refractivity contribution in [1.82, 2.24) is 4.98 Å². The lowest BCUT2D eigenvalue weighted by Crippen LogP contribution is -2.32. The van der Waals surface area contributed by atoms with Crippen molar-refractivity contribution in [2.75, 3.05) is 10.8 Å². The maximum atomic E-state index is 13.7. The van der Waals surface area contributed by atoms with Gasteiger partial charge < -0.3 is 4.74 Å². The van der Waals surface area contributed by atoms with Crippen LogP contribution < -0.4 is 4.90 Å². The Morgan fingerprint density at radius 2 is 1.63 bits per heavy atom. The number of amides is 2. The second-order valence-electron chi connectivity index (χ2n) is 11.9. The van der Waals surface area contributed by atoms with E-state index in [4.69, 9.17) is 32.9 Å². The van der Waals surface area contributed by atoms with Crippen molar-refractivity contribution in [2.45, 2.75) is 25.9 Å². The summed E-state index contributed by atoms with van der Waals surface area (Å²) in [6.07, 6.45) is 3.83. The number of anilines is 1. The molecule has 4 aromatic rings. The lowest BCUT2D eigenvalue weighted by Gasteiger charge is -2.19. The molecular weight excluding hydrogens is 630 g/mol. The van der Waals surface area contributed by atoms with Gasteiger partial charge in [-0.3, -0.25) is 19.3 Å². The second kappa shape index (κ2) is 11.8. The number of alkyl halides is 1. The second-order valence-corrected chi connectivity index (χ2v) is 12.7. The van der Waals surface area contributed by atoms with Gasteiger partial charge in [-0.15, -0.1) is 11.6 Å². The first kappa shape index (κ1) is 30.3. The fourth-order valence-electron chi connectivity index (χ4n) is 6.99. The molecule has 2 bridgehead atoms. The van der Waals surface area contributed by atoms with E-state index in [0.717, 1.165) is 18.6 Å². The molecule has 2 amide bonds. The normalized spacial score (nSPS) is 22.0. The van der Waals surface area contributed by atoms with E-state index in [1.54, 1.807) is 49.4 Å². The van der Waals surface area contributed by atoms with E-state index in [2.05, 4.69) is 12.2 Å². The maximum Gasteiger partial charge on any atom is 0.339 e. The molecule has 1 aromatic heterocycles. The summed E-state index contributed by atoms with van der Waals surface area (Å²) in [5, 5.41) is 0.938. The Balaban J connectivity index is 1.22. The number of hydrogen-bond donors (Lipinski definition) is 0. The summed E-state index contributed by atoms with van der Waals surface area (Å²) in [7, 11) is 0. The van der Waals surface area contributed by atoms with Crippen LogP contribution in [0.2, 0.25) is 5.02 Å². The third kappa shape index (κ3) is 5.00. The van der Waals surface area contributed by atoms with E-state index >= 15 is 0 Å². The Bertz CT molecular complexity index is 1930. The van der Waals surface area contributed by atoms with Crippen LogP contribution in [0, 0.1) is 36.4 Å². The highest BCUT2D eigenvalue weighted by molar-refractivity contribution is 6.32. The molecule has 3 aliphatic rings. The van der Waals surface area contributed by atoms with Crippen molar-refractivity contribution in [3.8, 4) is 11.3 Å². The lowest BCUT2D eigenvalue weighted by molar-refractivity contribution is -0.123. The molecule has 2 aliphatic carbocycles. The molecule has 1 saturated carbocycles. The Hall–Kier alpha value is -4.40. The van der Waals surface area contributed by atoms with E-state index in [0.29, 0.717) is 38.4 Å². The minimum Gasteiger partial charge on any atom is -0.450 e. The first-order valence-corrected chi connectivity index (χ1v) is 15.9. The molecule has 232 valence electrons. The fourth-order valence-corrected chi connectivity index (χ4v) is 7.35. The van der Waals surface area contributed by atoms with Crippen LogP contribution in [0.15, 0.2) is 78.9 Å². The molecule has 5 unspecified atom stereocenters. The van der Waals surface area contributed by atoms with Crippen molar-refractivity contribution < 1.29 is 28.3 Å². The van der Waals surface area contributed by atoms with Gasteiger partial charge in [0.05, 0.1) is 34.3 Å². The number of aromatic nitrogens is 1. The number of Topliss-reactive ketones (excluding diaryl/α,β-unsaturated/α-hetero) is 1. The zero-order valence-corrected chi connectivity index (χ0v) is 26.1. The topological polar surface area (TPSA) is 93.6 Å². The largest absolute Gasteiger partial charge is 0.450 e. The standard InChI is InChI=1S/C36H27Cl2FN2O5/c1-18-27(38)13-12-25-26(36(45)46-29(14-15-37)33(42)20-4-8-23(39)9-5-20)17-28(40-32(18)25)19-6-10-24(11-7-19)41-34(43)30-21-2-3-22(16-21)31(30)35(41)44/h2-13,17,21-22,29-31H,14-16H2,1H3. The number of halogens is 3. The summed E-state index contributed by atoms with van der Waals surface area (Å²) < 4.78 is 19.2. The molecule has 10 heteroatoms.